The Bertz CT molecular complexity index is 950. The van der Waals surface area contributed by atoms with E-state index in [9.17, 15) is 22.0 Å². The van der Waals surface area contributed by atoms with E-state index >= 15 is 0 Å². The molecule has 2 aromatic rings. The maximum absolute atomic E-state index is 13.7. The second kappa shape index (κ2) is 8.62. The number of piperidine rings is 1. The third kappa shape index (κ3) is 4.82. The number of nitrogens with one attached hydrogen (secondary N) is 1. The average Bonchev–Trinajstić information content (AvgIpc) is 2.70. The average molecular weight is 406 g/mol. The Balaban J connectivity index is 1.59. The quantitative estimate of drug-likeness (QED) is 0.825. The summed E-state index contributed by atoms with van der Waals surface area (Å²) in [5, 5.41) is 3.43. The van der Waals surface area contributed by atoms with Gasteiger partial charge in [-0.05, 0) is 36.6 Å². The van der Waals surface area contributed by atoms with E-state index < -0.39 is 39.2 Å². The van der Waals surface area contributed by atoms with Crippen LogP contribution >= 0.6 is 0 Å². The maximum Gasteiger partial charge on any atom is 0.236 e. The van der Waals surface area contributed by atoms with Gasteiger partial charge in [-0.15, -0.1) is 0 Å². The molecule has 1 saturated heterocycles. The van der Waals surface area contributed by atoms with E-state index in [1.807, 2.05) is 18.2 Å². The number of benzene rings is 2. The molecule has 1 heterocycles. The summed E-state index contributed by atoms with van der Waals surface area (Å²) < 4.78 is 53.6. The van der Waals surface area contributed by atoms with Crippen LogP contribution in [0.4, 0.5) is 14.5 Å². The first kappa shape index (κ1) is 20.2. The summed E-state index contributed by atoms with van der Waals surface area (Å²) in [5.74, 6) is -2.72. The molecule has 0 aromatic heterocycles. The molecule has 0 atom stereocenters. The van der Waals surface area contributed by atoms with E-state index in [0.717, 1.165) is 23.1 Å². The number of anilines is 1. The SMILES string of the molecule is O=C(Nc1c(F)cccc1F)C1CCN(S(=O)(=O)/C=C/c2ccccc2)CC1. The normalized spacial score (nSPS) is 16.4. The number of halogens is 2. The first-order chi connectivity index (χ1) is 13.4. The molecule has 1 amide bonds. The van der Waals surface area contributed by atoms with Gasteiger partial charge in [-0.1, -0.05) is 36.4 Å². The largest absolute Gasteiger partial charge is 0.321 e. The molecule has 0 aliphatic carbocycles. The van der Waals surface area contributed by atoms with Crippen molar-refractivity contribution >= 4 is 27.7 Å². The van der Waals surface area contributed by atoms with Crippen LogP contribution in [0.5, 0.6) is 0 Å². The topological polar surface area (TPSA) is 66.5 Å². The number of sulfonamides is 1. The van der Waals surface area contributed by atoms with Gasteiger partial charge in [-0.25, -0.2) is 17.2 Å². The molecule has 0 unspecified atom stereocenters. The zero-order valence-electron chi connectivity index (χ0n) is 15.0. The van der Waals surface area contributed by atoms with Gasteiger partial charge in [0.2, 0.25) is 15.9 Å². The molecule has 8 heteroatoms. The highest BCUT2D eigenvalue weighted by Gasteiger charge is 2.30. The van der Waals surface area contributed by atoms with Crippen molar-refractivity contribution in [1.82, 2.24) is 4.31 Å². The van der Waals surface area contributed by atoms with Gasteiger partial charge >= 0.3 is 0 Å². The first-order valence-corrected chi connectivity index (χ1v) is 10.4. The first-order valence-electron chi connectivity index (χ1n) is 8.85. The van der Waals surface area contributed by atoms with E-state index in [1.165, 1.54) is 16.4 Å². The van der Waals surface area contributed by atoms with Crippen LogP contribution in [0.15, 0.2) is 53.9 Å². The van der Waals surface area contributed by atoms with Crippen molar-refractivity contribution in [2.75, 3.05) is 18.4 Å². The second-order valence-electron chi connectivity index (χ2n) is 6.52. The molecule has 0 spiro atoms. The summed E-state index contributed by atoms with van der Waals surface area (Å²) in [6.07, 6.45) is 2.08. The molecule has 1 aliphatic heterocycles. The van der Waals surface area contributed by atoms with Crippen molar-refractivity contribution in [3.63, 3.8) is 0 Å². The Morgan fingerprint density at radius 1 is 1.00 bits per heavy atom. The van der Waals surface area contributed by atoms with Gasteiger partial charge in [0.1, 0.15) is 17.3 Å². The molecule has 28 heavy (non-hydrogen) atoms. The lowest BCUT2D eigenvalue weighted by molar-refractivity contribution is -0.121. The number of hydrogen-bond acceptors (Lipinski definition) is 3. The Kier molecular flexibility index (Phi) is 6.21. The van der Waals surface area contributed by atoms with Crippen molar-refractivity contribution in [3.05, 3.63) is 71.1 Å². The van der Waals surface area contributed by atoms with E-state index in [4.69, 9.17) is 0 Å². The standard InChI is InChI=1S/C20H20F2N2O3S/c21-17-7-4-8-18(22)19(17)23-20(25)16-9-12-24(13-10-16)28(26,27)14-11-15-5-2-1-3-6-15/h1-8,11,14,16H,9-10,12-13H2,(H,23,25)/b14-11+. The van der Waals surface area contributed by atoms with Crippen LogP contribution in [0.1, 0.15) is 18.4 Å². The highest BCUT2D eigenvalue weighted by molar-refractivity contribution is 7.92. The minimum atomic E-state index is -3.60. The highest BCUT2D eigenvalue weighted by atomic mass is 32.2. The van der Waals surface area contributed by atoms with Crippen LogP contribution in [0.25, 0.3) is 6.08 Å². The van der Waals surface area contributed by atoms with Gasteiger partial charge in [0, 0.05) is 24.4 Å². The van der Waals surface area contributed by atoms with Crippen molar-refractivity contribution in [2.24, 2.45) is 5.92 Å². The van der Waals surface area contributed by atoms with Crippen LogP contribution in [-0.2, 0) is 14.8 Å². The van der Waals surface area contributed by atoms with Gasteiger partial charge in [0.15, 0.2) is 0 Å². The Morgan fingerprint density at radius 2 is 1.61 bits per heavy atom. The van der Waals surface area contributed by atoms with Crippen LogP contribution in [0, 0.1) is 17.6 Å². The lowest BCUT2D eigenvalue weighted by Gasteiger charge is -2.29. The van der Waals surface area contributed by atoms with Crippen LogP contribution < -0.4 is 5.32 Å². The monoisotopic (exact) mass is 406 g/mol. The number of nitrogens with zero attached hydrogens (tertiary/aromatic N) is 1. The molecule has 1 fully saturated rings. The lowest BCUT2D eigenvalue weighted by Crippen LogP contribution is -2.40. The summed E-state index contributed by atoms with van der Waals surface area (Å²) in [4.78, 5) is 12.3. The zero-order chi connectivity index (χ0) is 20.1. The van der Waals surface area contributed by atoms with Gasteiger partial charge in [0.05, 0.1) is 0 Å². The third-order valence-electron chi connectivity index (χ3n) is 4.63. The molecule has 0 radical (unpaired) electrons. The summed E-state index contributed by atoms with van der Waals surface area (Å²) in [6.45, 7) is 0.332. The molecule has 5 nitrogen and oxygen atoms in total. The number of carbonyl (C=O) groups is 1. The highest BCUT2D eigenvalue weighted by Crippen LogP contribution is 2.24. The molecule has 1 N–H and O–H groups in total. The number of carbonyl (C=O) groups excluding carboxylic acids is 1. The molecular weight excluding hydrogens is 386 g/mol. The molecule has 1 aliphatic rings. The van der Waals surface area contributed by atoms with Crippen LogP contribution in [0.3, 0.4) is 0 Å². The minimum Gasteiger partial charge on any atom is -0.321 e. The number of amides is 1. The fraction of sp³-hybridized carbons (Fsp3) is 0.250. The Labute approximate surface area is 162 Å². The molecule has 2 aromatic carbocycles. The Hall–Kier alpha value is -2.58. The van der Waals surface area contributed by atoms with Crippen molar-refractivity contribution in [1.29, 1.82) is 0 Å². The Morgan fingerprint density at radius 3 is 2.21 bits per heavy atom. The second-order valence-corrected chi connectivity index (χ2v) is 8.34. The third-order valence-corrected chi connectivity index (χ3v) is 6.19. The van der Waals surface area contributed by atoms with Crippen LogP contribution in [-0.4, -0.2) is 31.7 Å². The summed E-state index contributed by atoms with van der Waals surface area (Å²) in [6, 6.07) is 12.4. The summed E-state index contributed by atoms with van der Waals surface area (Å²) in [7, 11) is -3.60. The molecule has 0 saturated carbocycles. The van der Waals surface area contributed by atoms with Gasteiger partial charge in [-0.2, -0.15) is 4.31 Å². The minimum absolute atomic E-state index is 0.166. The summed E-state index contributed by atoms with van der Waals surface area (Å²) in [5.41, 5.74) is 0.292. The number of hydrogen-bond donors (Lipinski definition) is 1. The maximum atomic E-state index is 13.7. The van der Waals surface area contributed by atoms with Crippen molar-refractivity contribution in [3.8, 4) is 0 Å². The predicted molar refractivity (Wildman–Crippen MR) is 104 cm³/mol. The summed E-state index contributed by atoms with van der Waals surface area (Å²) >= 11 is 0. The van der Waals surface area contributed by atoms with Crippen molar-refractivity contribution in [2.45, 2.75) is 12.8 Å². The number of rotatable bonds is 5. The molecule has 0 bridgehead atoms. The predicted octanol–water partition coefficient (Wildman–Crippen LogP) is 3.62. The van der Waals surface area contributed by atoms with Crippen molar-refractivity contribution < 1.29 is 22.0 Å². The van der Waals surface area contributed by atoms with Crippen LogP contribution in [0.2, 0.25) is 0 Å². The zero-order valence-corrected chi connectivity index (χ0v) is 15.8. The lowest BCUT2D eigenvalue weighted by atomic mass is 9.97. The van der Waals surface area contributed by atoms with E-state index in [-0.39, 0.29) is 25.9 Å². The van der Waals surface area contributed by atoms with Gasteiger partial charge < -0.3 is 5.32 Å². The fourth-order valence-corrected chi connectivity index (χ4v) is 4.25. The molecule has 148 valence electrons. The van der Waals surface area contributed by atoms with E-state index in [2.05, 4.69) is 5.32 Å². The fourth-order valence-electron chi connectivity index (χ4n) is 3.03. The van der Waals surface area contributed by atoms with E-state index in [0.29, 0.717) is 0 Å². The van der Waals surface area contributed by atoms with E-state index in [1.54, 1.807) is 12.1 Å². The number of para-hydroxylation sites is 1. The molecule has 3 rings (SSSR count). The smallest absolute Gasteiger partial charge is 0.236 e. The molecular formula is C20H20F2N2O3S. The van der Waals surface area contributed by atoms with Gasteiger partial charge in [-0.3, -0.25) is 4.79 Å². The van der Waals surface area contributed by atoms with Gasteiger partial charge in [0.25, 0.3) is 0 Å².